The van der Waals surface area contributed by atoms with Crippen LogP contribution in [0, 0.1) is 11.8 Å². The second-order valence-electron chi connectivity index (χ2n) is 17.9. The van der Waals surface area contributed by atoms with E-state index in [1.807, 2.05) is 105 Å². The Labute approximate surface area is 397 Å². The van der Waals surface area contributed by atoms with Crippen molar-refractivity contribution in [2.24, 2.45) is 41.8 Å². The van der Waals surface area contributed by atoms with Crippen LogP contribution in [0.15, 0.2) is 145 Å². The lowest BCUT2D eigenvalue weighted by atomic mass is 10.1. The molecule has 0 saturated carbocycles. The molecule has 11 rings (SSSR count). The number of aromatic nitrogens is 3. The number of ether oxygens (including phenoxy) is 6. The zero-order chi connectivity index (χ0) is 47.0. The average Bonchev–Trinajstić information content (AvgIpc) is 4.24. The Morgan fingerprint density at radius 3 is 0.926 bits per heavy atom. The second-order valence-corrected chi connectivity index (χ2v) is 17.9. The van der Waals surface area contributed by atoms with Gasteiger partial charge in [0.1, 0.15) is 85.9 Å². The van der Waals surface area contributed by atoms with Gasteiger partial charge in [0.2, 0.25) is 35.4 Å². The number of nitrogens with zero attached hydrogens (tertiary/aromatic N) is 9. The first kappa shape index (κ1) is 45.8. The molecule has 0 radical (unpaired) electrons. The second kappa shape index (κ2) is 21.1. The van der Waals surface area contributed by atoms with Gasteiger partial charge in [0.25, 0.3) is 0 Å². The smallest absolute Gasteiger partial charge is 0.236 e. The molecule has 0 fully saturated rings. The van der Waals surface area contributed by atoms with Crippen molar-refractivity contribution in [3.05, 3.63) is 161 Å². The highest BCUT2D eigenvalue weighted by atomic mass is 16.5. The van der Waals surface area contributed by atoms with Gasteiger partial charge in [-0.2, -0.15) is 0 Å². The maximum Gasteiger partial charge on any atom is 0.236 e. The van der Waals surface area contributed by atoms with Crippen molar-refractivity contribution in [1.29, 1.82) is 0 Å². The van der Waals surface area contributed by atoms with Gasteiger partial charge in [0.15, 0.2) is 0 Å². The number of hydrogen-bond acceptors (Lipinski definition) is 15. The van der Waals surface area contributed by atoms with Crippen LogP contribution in [0.5, 0.6) is 0 Å². The molecule has 6 aliphatic rings. The minimum atomic E-state index is 0.0248. The number of pyridine rings is 3. The SMILES string of the molecule is CC(C)[C@@H]1COC(c2cccc(C3=N[C@H](C(C)C)CO3)n2)=N1.C[C@@H]1COC(c2cccc(C3=N[C@H](c4ccccc4)CO3)n2)=N1.C[C@H]1COC(c2cccc(C3=N[C@@H](c4ccccc4)CO3)n2)=N1. The summed E-state index contributed by atoms with van der Waals surface area (Å²) < 4.78 is 34.0. The highest BCUT2D eigenvalue weighted by Gasteiger charge is 2.28. The molecule has 2 aromatic carbocycles. The Balaban J connectivity index is 0.000000127. The van der Waals surface area contributed by atoms with Crippen LogP contribution in [0.4, 0.5) is 0 Å². The predicted molar refractivity (Wildman–Crippen MR) is 262 cm³/mol. The van der Waals surface area contributed by atoms with E-state index < -0.39 is 0 Å². The Bertz CT molecular complexity index is 2560. The number of hydrogen-bond donors (Lipinski definition) is 0. The van der Waals surface area contributed by atoms with Crippen LogP contribution < -0.4 is 0 Å². The molecule has 3 aromatic heterocycles. The van der Waals surface area contributed by atoms with Crippen molar-refractivity contribution < 1.29 is 28.4 Å². The summed E-state index contributed by atoms with van der Waals surface area (Å²) in [5, 5.41) is 0. The van der Waals surface area contributed by atoms with Crippen molar-refractivity contribution in [2.45, 2.75) is 77.8 Å². The molecular formula is C53H57N9O6. The van der Waals surface area contributed by atoms with E-state index in [4.69, 9.17) is 28.4 Å². The molecule has 6 aliphatic heterocycles. The summed E-state index contributed by atoms with van der Waals surface area (Å²) in [5.41, 5.74) is 6.67. The molecule has 0 amide bonds. The van der Waals surface area contributed by atoms with E-state index in [9.17, 15) is 0 Å². The molecule has 0 saturated heterocycles. The van der Waals surface area contributed by atoms with E-state index in [-0.39, 0.29) is 36.3 Å². The first-order chi connectivity index (χ1) is 33.1. The Morgan fingerprint density at radius 2 is 0.632 bits per heavy atom. The van der Waals surface area contributed by atoms with Gasteiger partial charge in [-0.05, 0) is 73.2 Å². The lowest BCUT2D eigenvalue weighted by Crippen LogP contribution is -2.13. The van der Waals surface area contributed by atoms with E-state index >= 15 is 0 Å². The highest BCUT2D eigenvalue weighted by Crippen LogP contribution is 2.27. The van der Waals surface area contributed by atoms with Gasteiger partial charge >= 0.3 is 0 Å². The number of benzene rings is 2. The van der Waals surface area contributed by atoms with E-state index in [0.29, 0.717) is 98.3 Å². The van der Waals surface area contributed by atoms with Gasteiger partial charge in [0, 0.05) is 0 Å². The van der Waals surface area contributed by atoms with Crippen LogP contribution in [0.25, 0.3) is 0 Å². The molecule has 0 bridgehead atoms. The van der Waals surface area contributed by atoms with Crippen molar-refractivity contribution in [1.82, 2.24) is 15.0 Å². The van der Waals surface area contributed by atoms with Crippen LogP contribution in [-0.2, 0) is 28.4 Å². The summed E-state index contributed by atoms with van der Waals surface area (Å²) in [4.78, 5) is 41.2. The lowest BCUT2D eigenvalue weighted by molar-refractivity contribution is 0.290. The molecule has 0 spiro atoms. The summed E-state index contributed by atoms with van der Waals surface area (Å²) in [6, 6.07) is 38.3. The largest absolute Gasteiger partial charge is 0.474 e. The minimum absolute atomic E-state index is 0.0248. The fraction of sp³-hybridized carbons (Fsp3) is 0.377. The van der Waals surface area contributed by atoms with Gasteiger partial charge in [-0.1, -0.05) is 107 Å². The maximum atomic E-state index is 5.75. The molecule has 15 nitrogen and oxygen atoms in total. The summed E-state index contributed by atoms with van der Waals surface area (Å²) in [6.45, 7) is 16.2. The van der Waals surface area contributed by atoms with Gasteiger partial charge in [0.05, 0.1) is 24.2 Å². The Hall–Kier alpha value is -7.29. The van der Waals surface area contributed by atoms with Crippen LogP contribution >= 0.6 is 0 Å². The zero-order valence-electron chi connectivity index (χ0n) is 39.3. The van der Waals surface area contributed by atoms with E-state index in [2.05, 4.69) is 96.9 Å². The van der Waals surface area contributed by atoms with Crippen LogP contribution in [0.3, 0.4) is 0 Å². The quantitative estimate of drug-likeness (QED) is 0.134. The third kappa shape index (κ3) is 11.1. The molecule has 0 aliphatic carbocycles. The Morgan fingerprint density at radius 1 is 0.338 bits per heavy atom. The first-order valence-electron chi connectivity index (χ1n) is 23.4. The maximum absolute atomic E-state index is 5.75. The average molecular weight is 916 g/mol. The highest BCUT2D eigenvalue weighted by molar-refractivity contribution is 5.99. The molecule has 0 unspecified atom stereocenters. The van der Waals surface area contributed by atoms with Crippen LogP contribution in [-0.4, -0.2) is 114 Å². The molecule has 9 heterocycles. The first-order valence-corrected chi connectivity index (χ1v) is 23.4. The predicted octanol–water partition coefficient (Wildman–Crippen LogP) is 8.21. The fourth-order valence-electron chi connectivity index (χ4n) is 7.71. The van der Waals surface area contributed by atoms with Crippen molar-refractivity contribution in [3.63, 3.8) is 0 Å². The molecular weight excluding hydrogens is 859 g/mol. The van der Waals surface area contributed by atoms with Crippen molar-refractivity contribution in [3.8, 4) is 0 Å². The van der Waals surface area contributed by atoms with Gasteiger partial charge < -0.3 is 28.4 Å². The third-order valence-corrected chi connectivity index (χ3v) is 11.7. The fourth-order valence-corrected chi connectivity index (χ4v) is 7.71. The van der Waals surface area contributed by atoms with E-state index in [1.54, 1.807) is 0 Å². The molecule has 15 heteroatoms. The van der Waals surface area contributed by atoms with Crippen LogP contribution in [0.1, 0.15) is 98.9 Å². The summed E-state index contributed by atoms with van der Waals surface area (Å²) in [6.07, 6.45) is 0. The normalized spacial score (nSPS) is 23.4. The molecule has 350 valence electrons. The molecule has 68 heavy (non-hydrogen) atoms. The molecule has 6 atom stereocenters. The monoisotopic (exact) mass is 915 g/mol. The van der Waals surface area contributed by atoms with Gasteiger partial charge in [-0.25, -0.2) is 44.9 Å². The van der Waals surface area contributed by atoms with Crippen molar-refractivity contribution in [2.75, 3.05) is 39.6 Å². The zero-order valence-corrected chi connectivity index (χ0v) is 39.3. The van der Waals surface area contributed by atoms with E-state index in [0.717, 1.165) is 33.9 Å². The van der Waals surface area contributed by atoms with Gasteiger partial charge in [-0.3, -0.25) is 0 Å². The van der Waals surface area contributed by atoms with Crippen molar-refractivity contribution >= 4 is 35.4 Å². The lowest BCUT2D eigenvalue weighted by Gasteiger charge is -2.06. The van der Waals surface area contributed by atoms with Gasteiger partial charge in [-0.15, -0.1) is 0 Å². The summed E-state index contributed by atoms with van der Waals surface area (Å²) >= 11 is 0. The summed E-state index contributed by atoms with van der Waals surface area (Å²) in [5.74, 6) is 4.53. The Kier molecular flexibility index (Phi) is 14.2. The number of rotatable bonds is 10. The van der Waals surface area contributed by atoms with Crippen LogP contribution in [0.2, 0.25) is 0 Å². The minimum Gasteiger partial charge on any atom is -0.474 e. The molecule has 5 aromatic rings. The summed E-state index contributed by atoms with van der Waals surface area (Å²) in [7, 11) is 0. The topological polar surface area (TPSA) is 168 Å². The standard InChI is InChI=1S/2C18H17N3O2.C17H23N3O2/c2*1-12-10-22-17(19-12)14-8-5-9-15(20-14)18-21-16(11-23-18)13-6-3-2-4-7-13;1-10(2)14-8-21-16(19-14)12-6-5-7-13(18-12)17-20-15(9-22-17)11(3)4/h2*2-9,12,16H,10-11H2,1H3;5-7,10-11,14-15H,8-9H2,1-4H3/t2*12-,16+;14-,15-/m100/s1. The number of aliphatic imine (C=N–C) groups is 6. The third-order valence-electron chi connectivity index (χ3n) is 11.7. The van der Waals surface area contributed by atoms with E-state index in [1.165, 1.54) is 0 Å². The molecule has 0 N–H and O–H groups in total.